The monoisotopic (exact) mass is 340 g/mol. The number of rotatable bonds is 5. The molecule has 0 saturated heterocycles. The van der Waals surface area contributed by atoms with Gasteiger partial charge in [0.15, 0.2) is 0 Å². The number of benzene rings is 2. The Kier molecular flexibility index (Phi) is 4.73. The van der Waals surface area contributed by atoms with E-state index in [9.17, 15) is 0 Å². The molecular weight excluding hydrogens is 324 g/mol. The van der Waals surface area contributed by atoms with E-state index in [1.165, 1.54) is 0 Å². The van der Waals surface area contributed by atoms with Gasteiger partial charge < -0.3 is 18.9 Å². The van der Waals surface area contributed by atoms with E-state index in [4.69, 9.17) is 18.9 Å². The van der Waals surface area contributed by atoms with Crippen molar-refractivity contribution in [1.82, 2.24) is 0 Å². The van der Waals surface area contributed by atoms with E-state index in [0.29, 0.717) is 12.4 Å². The van der Waals surface area contributed by atoms with Crippen LogP contribution in [-0.2, 0) is 11.3 Å². The highest BCUT2D eigenvalue weighted by Gasteiger charge is 2.18. The average molecular weight is 341 g/mol. The predicted molar refractivity (Wildman–Crippen MR) is 82.0 cm³/mol. The van der Waals surface area contributed by atoms with Gasteiger partial charge in [-0.3, -0.25) is 0 Å². The SMILES string of the molecule is COCc1cc2c(OC)ccc(OC)c2c(OC)c1Br. The van der Waals surface area contributed by atoms with E-state index in [1.54, 1.807) is 28.4 Å². The molecule has 0 bridgehead atoms. The van der Waals surface area contributed by atoms with Gasteiger partial charge in [-0.25, -0.2) is 0 Å². The Bertz CT molecular complexity index is 625. The van der Waals surface area contributed by atoms with Gasteiger partial charge >= 0.3 is 0 Å². The van der Waals surface area contributed by atoms with Crippen LogP contribution < -0.4 is 14.2 Å². The first-order valence-corrected chi connectivity index (χ1v) is 6.86. The quantitative estimate of drug-likeness (QED) is 0.830. The van der Waals surface area contributed by atoms with Gasteiger partial charge in [0.05, 0.1) is 37.8 Å². The molecule has 108 valence electrons. The second-order valence-electron chi connectivity index (χ2n) is 4.21. The van der Waals surface area contributed by atoms with Crippen LogP contribution in [0.1, 0.15) is 5.56 Å². The van der Waals surface area contributed by atoms with Crippen molar-refractivity contribution in [3.05, 3.63) is 28.2 Å². The second-order valence-corrected chi connectivity index (χ2v) is 5.00. The van der Waals surface area contributed by atoms with Gasteiger partial charge in [0.25, 0.3) is 0 Å². The summed E-state index contributed by atoms with van der Waals surface area (Å²) in [5.41, 5.74) is 0.989. The molecule has 0 aliphatic carbocycles. The van der Waals surface area contributed by atoms with E-state index in [2.05, 4.69) is 15.9 Å². The maximum atomic E-state index is 5.55. The molecule has 20 heavy (non-hydrogen) atoms. The van der Waals surface area contributed by atoms with Gasteiger partial charge in [0.2, 0.25) is 0 Å². The molecule has 5 heteroatoms. The normalized spacial score (nSPS) is 10.7. The summed E-state index contributed by atoms with van der Waals surface area (Å²) in [6.45, 7) is 0.479. The van der Waals surface area contributed by atoms with Crippen molar-refractivity contribution in [1.29, 1.82) is 0 Å². The second kappa shape index (κ2) is 6.33. The molecule has 0 amide bonds. The van der Waals surface area contributed by atoms with Crippen LogP contribution in [0.4, 0.5) is 0 Å². The lowest BCUT2D eigenvalue weighted by Crippen LogP contribution is -1.98. The lowest BCUT2D eigenvalue weighted by atomic mass is 10.0. The lowest BCUT2D eigenvalue weighted by molar-refractivity contribution is 0.184. The Balaban J connectivity index is 2.88. The Hall–Kier alpha value is -1.46. The fourth-order valence-electron chi connectivity index (χ4n) is 2.25. The maximum absolute atomic E-state index is 5.55. The van der Waals surface area contributed by atoms with Crippen LogP contribution in [0.25, 0.3) is 10.8 Å². The smallest absolute Gasteiger partial charge is 0.145 e. The molecule has 0 atom stereocenters. The van der Waals surface area contributed by atoms with Crippen LogP contribution >= 0.6 is 15.9 Å². The fraction of sp³-hybridized carbons (Fsp3) is 0.333. The van der Waals surface area contributed by atoms with Gasteiger partial charge in [0.1, 0.15) is 17.2 Å². The lowest BCUT2D eigenvalue weighted by Gasteiger charge is -2.17. The minimum atomic E-state index is 0.479. The van der Waals surface area contributed by atoms with Crippen molar-refractivity contribution in [3.63, 3.8) is 0 Å². The van der Waals surface area contributed by atoms with Crippen molar-refractivity contribution < 1.29 is 18.9 Å². The van der Waals surface area contributed by atoms with Crippen LogP contribution in [0.3, 0.4) is 0 Å². The zero-order valence-electron chi connectivity index (χ0n) is 12.0. The summed E-state index contributed by atoms with van der Waals surface area (Å²) in [4.78, 5) is 0. The molecule has 0 spiro atoms. The number of halogens is 1. The predicted octanol–water partition coefficient (Wildman–Crippen LogP) is 3.77. The Morgan fingerprint density at radius 2 is 1.60 bits per heavy atom. The summed E-state index contributed by atoms with van der Waals surface area (Å²) in [5, 5.41) is 1.81. The number of hydrogen-bond acceptors (Lipinski definition) is 4. The third kappa shape index (κ3) is 2.43. The third-order valence-electron chi connectivity index (χ3n) is 3.14. The van der Waals surface area contributed by atoms with E-state index in [0.717, 1.165) is 32.3 Å². The molecule has 0 N–H and O–H groups in total. The molecular formula is C15H17BrO4. The summed E-state index contributed by atoms with van der Waals surface area (Å²) in [7, 11) is 6.57. The van der Waals surface area contributed by atoms with Crippen molar-refractivity contribution in [2.45, 2.75) is 6.61 Å². The number of fused-ring (bicyclic) bond motifs is 1. The van der Waals surface area contributed by atoms with Gasteiger partial charge in [-0.2, -0.15) is 0 Å². The molecule has 2 aromatic carbocycles. The van der Waals surface area contributed by atoms with Crippen LogP contribution in [0.15, 0.2) is 22.7 Å². The zero-order chi connectivity index (χ0) is 14.7. The first-order chi connectivity index (χ1) is 9.67. The summed E-state index contributed by atoms with van der Waals surface area (Å²) in [5.74, 6) is 2.22. The summed E-state index contributed by atoms with van der Waals surface area (Å²) < 4.78 is 22.5. The maximum Gasteiger partial charge on any atom is 0.145 e. The Labute approximate surface area is 126 Å². The molecule has 0 aliphatic heterocycles. The topological polar surface area (TPSA) is 36.9 Å². The minimum absolute atomic E-state index is 0.479. The molecule has 2 aromatic rings. The van der Waals surface area contributed by atoms with Gasteiger partial charge in [-0.05, 0) is 39.7 Å². The molecule has 0 unspecified atom stereocenters. The standard InChI is InChI=1S/C15H17BrO4/c1-17-8-9-7-10-11(18-2)5-6-12(19-3)13(10)15(20-4)14(9)16/h5-7H,8H2,1-4H3. The van der Waals surface area contributed by atoms with Crippen molar-refractivity contribution in [3.8, 4) is 17.2 Å². The highest BCUT2D eigenvalue weighted by molar-refractivity contribution is 9.10. The number of methoxy groups -OCH3 is 4. The van der Waals surface area contributed by atoms with Gasteiger partial charge in [0, 0.05) is 12.5 Å². The van der Waals surface area contributed by atoms with Gasteiger partial charge in [-0.15, -0.1) is 0 Å². The molecule has 0 aliphatic rings. The number of ether oxygens (including phenoxy) is 4. The average Bonchev–Trinajstić information content (AvgIpc) is 2.47. The van der Waals surface area contributed by atoms with Crippen molar-refractivity contribution in [2.75, 3.05) is 28.4 Å². The molecule has 0 heterocycles. The summed E-state index contributed by atoms with van der Waals surface area (Å²) in [6.07, 6.45) is 0. The summed E-state index contributed by atoms with van der Waals surface area (Å²) >= 11 is 3.57. The van der Waals surface area contributed by atoms with E-state index in [-0.39, 0.29) is 0 Å². The van der Waals surface area contributed by atoms with Crippen LogP contribution in [-0.4, -0.2) is 28.4 Å². The van der Waals surface area contributed by atoms with Crippen LogP contribution in [0.2, 0.25) is 0 Å². The zero-order valence-corrected chi connectivity index (χ0v) is 13.5. The van der Waals surface area contributed by atoms with Crippen LogP contribution in [0, 0.1) is 0 Å². The molecule has 0 radical (unpaired) electrons. The first kappa shape index (κ1) is 14.9. The Morgan fingerprint density at radius 3 is 2.15 bits per heavy atom. The number of hydrogen-bond donors (Lipinski definition) is 0. The van der Waals surface area contributed by atoms with E-state index >= 15 is 0 Å². The summed E-state index contributed by atoms with van der Waals surface area (Å²) in [6, 6.07) is 5.77. The van der Waals surface area contributed by atoms with Crippen LogP contribution in [0.5, 0.6) is 17.2 Å². The van der Waals surface area contributed by atoms with Gasteiger partial charge in [-0.1, -0.05) is 0 Å². The highest BCUT2D eigenvalue weighted by Crippen LogP contribution is 2.44. The van der Waals surface area contributed by atoms with Crippen molar-refractivity contribution in [2.24, 2.45) is 0 Å². The molecule has 0 saturated carbocycles. The molecule has 0 aromatic heterocycles. The van der Waals surface area contributed by atoms with E-state index in [1.807, 2.05) is 18.2 Å². The molecule has 4 nitrogen and oxygen atoms in total. The fourth-order valence-corrected chi connectivity index (χ4v) is 2.84. The third-order valence-corrected chi connectivity index (χ3v) is 4.01. The first-order valence-electron chi connectivity index (χ1n) is 6.06. The van der Waals surface area contributed by atoms with Crippen molar-refractivity contribution >= 4 is 26.7 Å². The molecule has 2 rings (SSSR count). The largest absolute Gasteiger partial charge is 0.496 e. The highest BCUT2D eigenvalue weighted by atomic mass is 79.9. The minimum Gasteiger partial charge on any atom is -0.496 e. The van der Waals surface area contributed by atoms with E-state index < -0.39 is 0 Å². The Morgan fingerprint density at radius 1 is 0.950 bits per heavy atom. The molecule has 0 fully saturated rings.